The molecule has 0 amide bonds. The van der Waals surface area contributed by atoms with E-state index in [1.165, 1.54) is 0 Å². The van der Waals surface area contributed by atoms with E-state index in [2.05, 4.69) is 33.1 Å². The van der Waals surface area contributed by atoms with Gasteiger partial charge in [-0.3, -0.25) is 4.57 Å². The Morgan fingerprint density at radius 1 is 0.585 bits per heavy atom. The van der Waals surface area contributed by atoms with Crippen molar-refractivity contribution in [2.24, 2.45) is 0 Å². The van der Waals surface area contributed by atoms with Crippen LogP contribution in [0.4, 0.5) is 0 Å². The van der Waals surface area contributed by atoms with Crippen molar-refractivity contribution in [3.8, 4) is 39.5 Å². The molecule has 9 nitrogen and oxygen atoms in total. The van der Waals surface area contributed by atoms with E-state index in [0.717, 1.165) is 44.2 Å². The molecule has 0 spiro atoms. The van der Waals surface area contributed by atoms with Crippen LogP contribution in [0.25, 0.3) is 22.3 Å². The van der Waals surface area contributed by atoms with Gasteiger partial charge in [-0.2, -0.15) is 0 Å². The van der Waals surface area contributed by atoms with E-state index in [9.17, 15) is 18.7 Å². The van der Waals surface area contributed by atoms with Crippen LogP contribution >= 0.6 is 14.5 Å². The molecular formula is C54H52O9P2. The van der Waals surface area contributed by atoms with Crippen molar-refractivity contribution >= 4 is 37.1 Å². The molecule has 0 saturated heterocycles. The molecule has 0 fully saturated rings. The molecule has 0 radical (unpaired) electrons. The summed E-state index contributed by atoms with van der Waals surface area (Å²) >= 11 is 0. The summed E-state index contributed by atoms with van der Waals surface area (Å²) in [6, 6.07) is 46.1. The Bertz CT molecular complexity index is 2690. The van der Waals surface area contributed by atoms with E-state index >= 15 is 0 Å². The fourth-order valence-corrected chi connectivity index (χ4v) is 14.0. The molecule has 8 rings (SSSR count). The summed E-state index contributed by atoms with van der Waals surface area (Å²) in [5.41, 5.74) is 6.78. The third-order valence-electron chi connectivity index (χ3n) is 12.0. The quantitative estimate of drug-likeness (QED) is 0.0532. The maximum absolute atomic E-state index is 14.9. The van der Waals surface area contributed by atoms with Gasteiger partial charge in [-0.05, 0) is 83.6 Å². The second-order valence-corrected chi connectivity index (χ2v) is 22.6. The maximum atomic E-state index is 14.9. The normalized spacial score (nSPS) is 17.9. The minimum absolute atomic E-state index is 0.0100. The Balaban J connectivity index is 0.932. The second kappa shape index (κ2) is 18.6. The summed E-state index contributed by atoms with van der Waals surface area (Å²) in [5.74, 6) is 0.472. The topological polar surface area (TPSA) is 114 Å². The van der Waals surface area contributed by atoms with Gasteiger partial charge in [0.25, 0.3) is 7.37 Å². The Morgan fingerprint density at radius 3 is 1.58 bits per heavy atom. The SMILES string of the molecule is C=C(C)C(=O)OC(COc1ccc(C(C)(C)c2ccc(OCC(CP3(=O)Oc4ccccc4-c4ccccc43)OC(=O)C(=C)C)cc2)cc1)CP1(=O)Cc2ccccc2-c2ccccc21. The van der Waals surface area contributed by atoms with Crippen LogP contribution < -0.4 is 24.6 Å². The summed E-state index contributed by atoms with van der Waals surface area (Å²) in [6.45, 7) is 14.8. The van der Waals surface area contributed by atoms with E-state index in [1.807, 2.05) is 127 Å². The molecule has 0 aliphatic carbocycles. The highest BCUT2D eigenvalue weighted by Crippen LogP contribution is 2.56. The first-order valence-corrected chi connectivity index (χ1v) is 25.5. The molecule has 4 atom stereocenters. The van der Waals surface area contributed by atoms with Crippen molar-refractivity contribution < 1.29 is 42.2 Å². The number of benzene rings is 6. The summed E-state index contributed by atoms with van der Waals surface area (Å²) in [7, 11) is -6.60. The lowest BCUT2D eigenvalue weighted by Gasteiger charge is -2.31. The molecule has 0 N–H and O–H groups in total. The number of fused-ring (bicyclic) bond motifs is 6. The van der Waals surface area contributed by atoms with Gasteiger partial charge < -0.3 is 28.0 Å². The van der Waals surface area contributed by atoms with Crippen molar-refractivity contribution in [1.82, 2.24) is 0 Å². The number of hydrogen-bond donors (Lipinski definition) is 0. The van der Waals surface area contributed by atoms with Crippen LogP contribution in [0.5, 0.6) is 17.2 Å². The molecule has 6 aromatic rings. The van der Waals surface area contributed by atoms with E-state index in [-0.39, 0.29) is 36.7 Å². The number of carbonyl (C=O) groups excluding carboxylic acids is 2. The average molecular weight is 907 g/mol. The van der Waals surface area contributed by atoms with Gasteiger partial charge >= 0.3 is 11.9 Å². The minimum atomic E-state index is -3.55. The van der Waals surface area contributed by atoms with Gasteiger partial charge in [0.1, 0.15) is 49.8 Å². The van der Waals surface area contributed by atoms with E-state index in [4.69, 9.17) is 23.5 Å². The predicted molar refractivity (Wildman–Crippen MR) is 258 cm³/mol. The molecule has 0 bridgehead atoms. The van der Waals surface area contributed by atoms with Crippen LogP contribution in [0.2, 0.25) is 0 Å². The zero-order valence-electron chi connectivity index (χ0n) is 37.0. The van der Waals surface area contributed by atoms with Crippen molar-refractivity contribution in [3.05, 3.63) is 187 Å². The molecule has 2 aliphatic heterocycles. The lowest BCUT2D eigenvalue weighted by molar-refractivity contribution is -0.145. The standard InChI is InChI=1S/C54H52O9P2/c1-36(2)52(55)61-43(34-64(57)33-38-15-7-8-16-45(38)47-18-10-13-21-50(47)64)31-59-41-27-23-39(24-28-41)54(5,6)40-25-29-42(30-26-40)60-32-44(62-53(56)37(3)4)35-65(58)51-22-14-11-19-48(51)46-17-9-12-20-49(46)63-65/h7-30,43-44H,1,3,31-35H2,2,4-6H3. The van der Waals surface area contributed by atoms with Crippen LogP contribution in [-0.2, 0) is 39.8 Å². The first kappa shape index (κ1) is 45.2. The molecule has 11 heteroatoms. The molecular weight excluding hydrogens is 855 g/mol. The minimum Gasteiger partial charge on any atom is -0.490 e. The number of para-hydroxylation sites is 1. The Morgan fingerprint density at radius 2 is 1.03 bits per heavy atom. The molecule has 4 unspecified atom stereocenters. The Hall–Kier alpha value is -6.40. The number of ether oxygens (including phenoxy) is 4. The molecule has 65 heavy (non-hydrogen) atoms. The number of hydrogen-bond acceptors (Lipinski definition) is 9. The number of rotatable bonds is 16. The van der Waals surface area contributed by atoms with Crippen LogP contribution in [0.1, 0.15) is 44.4 Å². The van der Waals surface area contributed by atoms with Gasteiger partial charge in [0.2, 0.25) is 0 Å². The summed E-state index contributed by atoms with van der Waals surface area (Å²) in [4.78, 5) is 25.6. The van der Waals surface area contributed by atoms with Crippen molar-refractivity contribution in [3.63, 3.8) is 0 Å². The molecule has 6 aromatic carbocycles. The van der Waals surface area contributed by atoms with E-state index in [0.29, 0.717) is 28.7 Å². The largest absolute Gasteiger partial charge is 0.490 e. The van der Waals surface area contributed by atoms with Gasteiger partial charge in [-0.15, -0.1) is 0 Å². The third-order valence-corrected chi connectivity index (χ3v) is 17.6. The third kappa shape index (κ3) is 9.68. The van der Waals surface area contributed by atoms with Crippen molar-refractivity contribution in [1.29, 1.82) is 0 Å². The average Bonchev–Trinajstić information content (AvgIpc) is 3.30. The van der Waals surface area contributed by atoms with Crippen molar-refractivity contribution in [2.75, 3.05) is 25.5 Å². The zero-order chi connectivity index (χ0) is 45.9. The molecule has 0 saturated carbocycles. The Kier molecular flexibility index (Phi) is 12.9. The van der Waals surface area contributed by atoms with E-state index in [1.54, 1.807) is 26.0 Å². The van der Waals surface area contributed by atoms with Crippen LogP contribution in [0.15, 0.2) is 170 Å². The summed E-state index contributed by atoms with van der Waals surface area (Å²) in [5, 5.41) is 1.36. The molecule has 2 aliphatic rings. The van der Waals surface area contributed by atoms with Crippen LogP contribution in [0.3, 0.4) is 0 Å². The van der Waals surface area contributed by atoms with Gasteiger partial charge in [-0.1, -0.05) is 136 Å². The zero-order valence-corrected chi connectivity index (χ0v) is 38.8. The van der Waals surface area contributed by atoms with Gasteiger partial charge in [0.15, 0.2) is 0 Å². The monoisotopic (exact) mass is 906 g/mol. The fourth-order valence-electron chi connectivity index (χ4n) is 8.44. The Labute approximate surface area is 380 Å². The molecule has 332 valence electrons. The highest BCUT2D eigenvalue weighted by atomic mass is 31.2. The fraction of sp³-hybridized carbons (Fsp3) is 0.222. The first-order chi connectivity index (χ1) is 31.1. The van der Waals surface area contributed by atoms with Crippen LogP contribution in [0, 0.1) is 0 Å². The number of carbonyl (C=O) groups is 2. The summed E-state index contributed by atoms with van der Waals surface area (Å²) < 4.78 is 59.9. The second-order valence-electron chi connectivity index (χ2n) is 17.3. The molecule has 0 aromatic heterocycles. The summed E-state index contributed by atoms with van der Waals surface area (Å²) in [6.07, 6.45) is -1.29. The highest BCUT2D eigenvalue weighted by molar-refractivity contribution is 7.71. The van der Waals surface area contributed by atoms with Crippen LogP contribution in [-0.4, -0.2) is 49.7 Å². The lowest BCUT2D eigenvalue weighted by atomic mass is 9.78. The van der Waals surface area contributed by atoms with Crippen molar-refractivity contribution in [2.45, 2.75) is 51.5 Å². The van der Waals surface area contributed by atoms with Gasteiger partial charge in [-0.25, -0.2) is 9.59 Å². The smallest absolute Gasteiger partial charge is 0.333 e. The van der Waals surface area contributed by atoms with Gasteiger partial charge in [0.05, 0.1) is 11.5 Å². The van der Waals surface area contributed by atoms with E-state index < -0.39 is 44.1 Å². The predicted octanol–water partition coefficient (Wildman–Crippen LogP) is 11.3. The lowest BCUT2D eigenvalue weighted by Crippen LogP contribution is -2.33. The molecule has 2 heterocycles. The first-order valence-electron chi connectivity index (χ1n) is 21.6. The maximum Gasteiger partial charge on any atom is 0.333 e. The highest BCUT2D eigenvalue weighted by Gasteiger charge is 2.40. The number of esters is 2. The van der Waals surface area contributed by atoms with Gasteiger partial charge in [0, 0.05) is 39.8 Å².